The molecule has 6 nitrogen and oxygen atoms in total. The number of nitrogens with zero attached hydrogens (tertiary/aromatic N) is 2. The van der Waals surface area contributed by atoms with Gasteiger partial charge in [0.2, 0.25) is 6.29 Å². The number of rotatable bonds is 6. The van der Waals surface area contributed by atoms with Gasteiger partial charge < -0.3 is 19.1 Å². The van der Waals surface area contributed by atoms with Crippen molar-refractivity contribution in [2.24, 2.45) is 0 Å². The van der Waals surface area contributed by atoms with E-state index in [1.807, 2.05) is 31.2 Å². The molecule has 7 heteroatoms. The number of hydrogen-bond donors (Lipinski definition) is 0. The molecule has 0 atom stereocenters. The molecule has 1 amide bonds. The monoisotopic (exact) mass is 348 g/mol. The molecule has 0 bridgehead atoms. The summed E-state index contributed by atoms with van der Waals surface area (Å²) >= 11 is 1.33. The Morgan fingerprint density at radius 1 is 1.33 bits per heavy atom. The van der Waals surface area contributed by atoms with E-state index in [1.165, 1.54) is 11.3 Å². The van der Waals surface area contributed by atoms with E-state index < -0.39 is 6.29 Å². The Kier molecular flexibility index (Phi) is 5.44. The summed E-state index contributed by atoms with van der Waals surface area (Å²) in [4.78, 5) is 19.4. The van der Waals surface area contributed by atoms with Crippen molar-refractivity contribution in [2.45, 2.75) is 19.8 Å². The second kappa shape index (κ2) is 7.74. The first-order valence-corrected chi connectivity index (χ1v) is 8.64. The Balaban J connectivity index is 1.68. The summed E-state index contributed by atoms with van der Waals surface area (Å²) in [5.41, 5.74) is 1.05. The summed E-state index contributed by atoms with van der Waals surface area (Å²) in [6, 6.07) is 7.72. The second-order valence-corrected chi connectivity index (χ2v) is 6.37. The van der Waals surface area contributed by atoms with Crippen molar-refractivity contribution in [1.82, 2.24) is 9.88 Å². The van der Waals surface area contributed by atoms with Gasteiger partial charge >= 0.3 is 0 Å². The lowest BCUT2D eigenvalue weighted by Crippen LogP contribution is -2.29. The molecule has 1 aromatic heterocycles. The van der Waals surface area contributed by atoms with Crippen LogP contribution in [0.3, 0.4) is 0 Å². The zero-order valence-electron chi connectivity index (χ0n) is 13.7. The molecule has 0 aliphatic carbocycles. The minimum absolute atomic E-state index is 0.0323. The van der Waals surface area contributed by atoms with E-state index in [9.17, 15) is 4.79 Å². The van der Waals surface area contributed by atoms with Crippen molar-refractivity contribution in [3.63, 3.8) is 0 Å². The molecule has 0 saturated carbocycles. The van der Waals surface area contributed by atoms with Gasteiger partial charge in [-0.25, -0.2) is 4.98 Å². The Bertz CT molecular complexity index is 680. The quantitative estimate of drug-likeness (QED) is 0.803. The molecule has 1 aliphatic rings. The molecule has 0 unspecified atom stereocenters. The molecule has 1 aromatic carbocycles. The number of ether oxygens (including phenoxy) is 3. The van der Waals surface area contributed by atoms with Gasteiger partial charge in [0.1, 0.15) is 15.6 Å². The molecule has 2 heterocycles. The molecular weight excluding hydrogens is 328 g/mol. The van der Waals surface area contributed by atoms with Gasteiger partial charge in [-0.3, -0.25) is 4.79 Å². The van der Waals surface area contributed by atoms with Crippen molar-refractivity contribution in [1.29, 1.82) is 0 Å². The summed E-state index contributed by atoms with van der Waals surface area (Å²) in [7, 11) is 1.63. The van der Waals surface area contributed by atoms with Crippen molar-refractivity contribution in [3.05, 3.63) is 45.9 Å². The number of aromatic nitrogens is 1. The third kappa shape index (κ3) is 3.75. The molecule has 0 spiro atoms. The molecule has 0 radical (unpaired) electrons. The van der Waals surface area contributed by atoms with Gasteiger partial charge in [0.05, 0.1) is 26.5 Å². The van der Waals surface area contributed by atoms with E-state index in [4.69, 9.17) is 14.2 Å². The van der Waals surface area contributed by atoms with E-state index in [0.29, 0.717) is 36.2 Å². The summed E-state index contributed by atoms with van der Waals surface area (Å²) < 4.78 is 16.0. The highest BCUT2D eigenvalue weighted by Gasteiger charge is 2.24. The van der Waals surface area contributed by atoms with Gasteiger partial charge in [-0.2, -0.15) is 0 Å². The first-order chi connectivity index (χ1) is 11.7. The van der Waals surface area contributed by atoms with Crippen LogP contribution in [0.4, 0.5) is 0 Å². The highest BCUT2D eigenvalue weighted by Crippen LogP contribution is 2.28. The predicted octanol–water partition coefficient (Wildman–Crippen LogP) is 2.86. The Hall–Kier alpha value is -1.96. The minimum Gasteiger partial charge on any atom is -0.497 e. The van der Waals surface area contributed by atoms with E-state index in [1.54, 1.807) is 18.2 Å². The van der Waals surface area contributed by atoms with Gasteiger partial charge in [0.15, 0.2) is 0 Å². The number of carbonyl (C=O) groups excluding carboxylic acids is 1. The average molecular weight is 348 g/mol. The van der Waals surface area contributed by atoms with Gasteiger partial charge in [-0.05, 0) is 24.6 Å². The van der Waals surface area contributed by atoms with Crippen molar-refractivity contribution in [2.75, 3.05) is 26.9 Å². The van der Waals surface area contributed by atoms with E-state index in [-0.39, 0.29) is 5.91 Å². The molecule has 1 aliphatic heterocycles. The number of hydrogen-bond acceptors (Lipinski definition) is 6. The zero-order chi connectivity index (χ0) is 16.9. The fraction of sp³-hybridized carbons (Fsp3) is 0.412. The highest BCUT2D eigenvalue weighted by atomic mass is 32.1. The lowest BCUT2D eigenvalue weighted by Gasteiger charge is -2.20. The third-order valence-corrected chi connectivity index (χ3v) is 4.77. The fourth-order valence-corrected chi connectivity index (χ4v) is 3.32. The number of benzene rings is 1. The summed E-state index contributed by atoms with van der Waals surface area (Å²) in [5.74, 6) is 0.770. The van der Waals surface area contributed by atoms with Crippen LogP contribution in [-0.4, -0.2) is 42.7 Å². The molecule has 3 rings (SSSR count). The van der Waals surface area contributed by atoms with Crippen molar-refractivity contribution in [3.8, 4) is 5.75 Å². The van der Waals surface area contributed by atoms with Crippen LogP contribution in [0.5, 0.6) is 5.75 Å². The van der Waals surface area contributed by atoms with E-state index >= 15 is 0 Å². The SMILES string of the molecule is CCN(Cc1ccc(OC)cc1)C(=O)c1cnc(C2OCCO2)s1. The van der Waals surface area contributed by atoms with Gasteiger partial charge in [0, 0.05) is 13.1 Å². The number of methoxy groups -OCH3 is 1. The highest BCUT2D eigenvalue weighted by molar-refractivity contribution is 7.13. The molecule has 128 valence electrons. The van der Waals surface area contributed by atoms with E-state index in [2.05, 4.69) is 4.98 Å². The number of thiazole rings is 1. The van der Waals surface area contributed by atoms with Crippen LogP contribution in [0, 0.1) is 0 Å². The smallest absolute Gasteiger partial charge is 0.265 e. The topological polar surface area (TPSA) is 60.9 Å². The lowest BCUT2D eigenvalue weighted by molar-refractivity contribution is -0.0442. The molecular formula is C17H20N2O4S. The Morgan fingerprint density at radius 2 is 2.04 bits per heavy atom. The lowest BCUT2D eigenvalue weighted by atomic mass is 10.2. The molecule has 2 aromatic rings. The number of carbonyl (C=O) groups is 1. The predicted molar refractivity (Wildman–Crippen MR) is 90.2 cm³/mol. The summed E-state index contributed by atoms with van der Waals surface area (Å²) in [6.45, 7) is 4.25. The third-order valence-electron chi connectivity index (χ3n) is 3.76. The Labute approximate surface area is 145 Å². The molecule has 1 saturated heterocycles. The first-order valence-electron chi connectivity index (χ1n) is 7.82. The van der Waals surface area contributed by atoms with Crippen LogP contribution in [0.1, 0.15) is 33.5 Å². The van der Waals surface area contributed by atoms with E-state index in [0.717, 1.165) is 11.3 Å². The molecule has 0 N–H and O–H groups in total. The normalized spacial score (nSPS) is 14.8. The zero-order valence-corrected chi connectivity index (χ0v) is 14.5. The second-order valence-electron chi connectivity index (χ2n) is 5.30. The van der Waals surface area contributed by atoms with Crippen molar-refractivity contribution >= 4 is 17.2 Å². The largest absolute Gasteiger partial charge is 0.497 e. The molecule has 24 heavy (non-hydrogen) atoms. The van der Waals surface area contributed by atoms with Crippen LogP contribution < -0.4 is 4.74 Å². The van der Waals surface area contributed by atoms with Gasteiger partial charge in [0.25, 0.3) is 5.91 Å². The first kappa shape index (κ1) is 16.9. The maximum atomic E-state index is 12.7. The maximum Gasteiger partial charge on any atom is 0.265 e. The van der Waals surface area contributed by atoms with Crippen LogP contribution >= 0.6 is 11.3 Å². The summed E-state index contributed by atoms with van der Waals surface area (Å²) in [6.07, 6.45) is 1.16. The summed E-state index contributed by atoms with van der Waals surface area (Å²) in [5, 5.41) is 0.691. The average Bonchev–Trinajstić information content (AvgIpc) is 3.30. The van der Waals surface area contributed by atoms with Gasteiger partial charge in [-0.15, -0.1) is 11.3 Å². The van der Waals surface area contributed by atoms with Crippen LogP contribution in [-0.2, 0) is 16.0 Å². The van der Waals surface area contributed by atoms with Gasteiger partial charge in [-0.1, -0.05) is 12.1 Å². The standard InChI is InChI=1S/C17H20N2O4S/c1-3-19(11-12-4-6-13(21-2)7-5-12)16(20)14-10-18-15(24-14)17-22-8-9-23-17/h4-7,10,17H,3,8-9,11H2,1-2H3. The fourth-order valence-electron chi connectivity index (χ4n) is 2.43. The van der Waals surface area contributed by atoms with Crippen LogP contribution in [0.15, 0.2) is 30.5 Å². The van der Waals surface area contributed by atoms with Crippen molar-refractivity contribution < 1.29 is 19.0 Å². The minimum atomic E-state index is -0.437. The maximum absolute atomic E-state index is 12.7. The Morgan fingerprint density at radius 3 is 2.67 bits per heavy atom. The van der Waals surface area contributed by atoms with Crippen LogP contribution in [0.25, 0.3) is 0 Å². The molecule has 1 fully saturated rings. The van der Waals surface area contributed by atoms with Crippen LogP contribution in [0.2, 0.25) is 0 Å². The number of amides is 1.